The molecule has 11 nitrogen and oxygen atoms in total. The van der Waals surface area contributed by atoms with Crippen molar-refractivity contribution in [1.29, 1.82) is 0 Å². The molecular weight excluding hydrogens is 605 g/mol. The van der Waals surface area contributed by atoms with Crippen LogP contribution in [0.1, 0.15) is 48.3 Å². The molecule has 1 aliphatic heterocycles. The lowest BCUT2D eigenvalue weighted by atomic mass is 9.94. The summed E-state index contributed by atoms with van der Waals surface area (Å²) >= 11 is 12.3. The van der Waals surface area contributed by atoms with E-state index in [0.29, 0.717) is 63.7 Å². The number of nitrogens with one attached hydrogen (secondary N) is 1. The predicted molar refractivity (Wildman–Crippen MR) is 165 cm³/mol. The van der Waals surface area contributed by atoms with Crippen LogP contribution in [0.2, 0.25) is 10.2 Å². The molecule has 2 bridgehead atoms. The van der Waals surface area contributed by atoms with Gasteiger partial charge in [-0.25, -0.2) is 14.5 Å². The van der Waals surface area contributed by atoms with Crippen LogP contribution in [0, 0.1) is 5.92 Å². The summed E-state index contributed by atoms with van der Waals surface area (Å²) in [5.74, 6) is -1.58. The fourth-order valence-corrected chi connectivity index (χ4v) is 5.62. The summed E-state index contributed by atoms with van der Waals surface area (Å²) in [6, 6.07) is 14.2. The molecule has 0 saturated heterocycles. The van der Waals surface area contributed by atoms with Crippen LogP contribution in [0.4, 0.5) is 5.69 Å². The molecule has 222 valence electrons. The Balaban J connectivity index is 1.45. The van der Waals surface area contributed by atoms with Gasteiger partial charge in [0.05, 0.1) is 41.2 Å². The molecule has 0 radical (unpaired) electrons. The predicted octanol–water partition coefficient (Wildman–Crippen LogP) is 5.91. The van der Waals surface area contributed by atoms with Crippen LogP contribution in [-0.2, 0) is 4.79 Å². The Labute approximate surface area is 261 Å². The average Bonchev–Trinajstić information content (AvgIpc) is 3.45. The fourth-order valence-electron chi connectivity index (χ4n) is 5.32. The number of rotatable bonds is 4. The second-order valence-corrected chi connectivity index (χ2v) is 11.4. The number of hydrogen-bond acceptors (Lipinski definition) is 7. The highest BCUT2D eigenvalue weighted by atomic mass is 35.5. The van der Waals surface area contributed by atoms with Crippen LogP contribution < -0.4 is 10.9 Å². The Morgan fingerprint density at radius 2 is 1.84 bits per heavy atom. The first-order valence-corrected chi connectivity index (χ1v) is 14.5. The summed E-state index contributed by atoms with van der Waals surface area (Å²) in [6.07, 6.45) is 6.34. The maximum Gasteiger partial charge on any atom is 0.335 e. The molecule has 1 aliphatic rings. The Bertz CT molecular complexity index is 1970. The molecule has 3 aromatic heterocycles. The Kier molecular flexibility index (Phi) is 7.98. The number of hydrogen-bond donors (Lipinski definition) is 2. The van der Waals surface area contributed by atoms with Crippen molar-refractivity contribution >= 4 is 40.8 Å². The minimum Gasteiger partial charge on any atom is -0.478 e. The monoisotopic (exact) mass is 629 g/mol. The number of halogens is 2. The number of carboxylic acid groups (broad SMARTS) is 1. The highest BCUT2D eigenvalue weighted by molar-refractivity contribution is 6.31. The van der Waals surface area contributed by atoms with Crippen molar-refractivity contribution in [1.82, 2.24) is 29.5 Å². The molecule has 44 heavy (non-hydrogen) atoms. The second-order valence-electron chi connectivity index (χ2n) is 10.5. The quantitative estimate of drug-likeness (QED) is 0.250. The summed E-state index contributed by atoms with van der Waals surface area (Å²) in [7, 11) is 0. The third-order valence-electron chi connectivity index (χ3n) is 7.64. The molecule has 0 spiro atoms. The number of pyridine rings is 1. The maximum absolute atomic E-state index is 13.7. The van der Waals surface area contributed by atoms with Gasteiger partial charge in [-0.15, -0.1) is 5.10 Å². The van der Waals surface area contributed by atoms with Gasteiger partial charge in [-0.05, 0) is 66.9 Å². The first kappa shape index (κ1) is 29.2. The van der Waals surface area contributed by atoms with Crippen LogP contribution in [0.5, 0.6) is 0 Å². The summed E-state index contributed by atoms with van der Waals surface area (Å²) in [4.78, 5) is 47.8. The Morgan fingerprint density at radius 3 is 2.59 bits per heavy atom. The Morgan fingerprint density at radius 1 is 1.00 bits per heavy atom. The van der Waals surface area contributed by atoms with Crippen molar-refractivity contribution in [2.75, 3.05) is 5.32 Å². The van der Waals surface area contributed by atoms with E-state index in [1.807, 2.05) is 13.0 Å². The number of carbonyl (C=O) groups excluding carboxylic acids is 1. The molecule has 6 rings (SSSR count). The van der Waals surface area contributed by atoms with E-state index in [-0.39, 0.29) is 28.1 Å². The van der Waals surface area contributed by atoms with Gasteiger partial charge in [0.2, 0.25) is 5.91 Å². The minimum absolute atomic E-state index is 0.0811. The first-order valence-electron chi connectivity index (χ1n) is 13.8. The molecule has 2 aromatic carbocycles. The third-order valence-corrected chi connectivity index (χ3v) is 8.05. The number of anilines is 1. The van der Waals surface area contributed by atoms with E-state index >= 15 is 0 Å². The SMILES string of the molecule is CC1CCCC(n2cnc(-c3cc(Cl)ccc3-n3cc(Cl)nn3)cc2=O)c2cc(ccn2)-c2cc(C(=O)O)ccc2NC1=O. The number of amides is 1. The second kappa shape index (κ2) is 12.0. The zero-order chi connectivity index (χ0) is 31.0. The number of carboxylic acids is 1. The molecule has 13 heteroatoms. The summed E-state index contributed by atoms with van der Waals surface area (Å²) in [6.45, 7) is 1.84. The van der Waals surface area contributed by atoms with E-state index < -0.39 is 12.0 Å². The third kappa shape index (κ3) is 5.84. The van der Waals surface area contributed by atoms with Crippen LogP contribution in [0.25, 0.3) is 28.1 Å². The largest absolute Gasteiger partial charge is 0.478 e. The number of nitrogens with zero attached hydrogens (tertiary/aromatic N) is 6. The fraction of sp³-hybridized carbons (Fsp3) is 0.194. The van der Waals surface area contributed by atoms with Crippen LogP contribution in [-0.4, -0.2) is 46.5 Å². The van der Waals surface area contributed by atoms with E-state index in [2.05, 4.69) is 25.6 Å². The van der Waals surface area contributed by atoms with Gasteiger partial charge in [0.25, 0.3) is 5.56 Å². The summed E-state index contributed by atoms with van der Waals surface area (Å²) < 4.78 is 3.01. The van der Waals surface area contributed by atoms with Gasteiger partial charge in [-0.1, -0.05) is 41.8 Å². The van der Waals surface area contributed by atoms with Crippen LogP contribution >= 0.6 is 23.2 Å². The molecule has 2 atom stereocenters. The molecule has 0 fully saturated rings. The highest BCUT2D eigenvalue weighted by Gasteiger charge is 2.23. The Hall–Kier alpha value is -4.87. The van der Waals surface area contributed by atoms with Crippen LogP contribution in [0.15, 0.2) is 78.1 Å². The van der Waals surface area contributed by atoms with Gasteiger partial charge < -0.3 is 10.4 Å². The number of aromatic nitrogens is 6. The van der Waals surface area contributed by atoms with Crippen molar-refractivity contribution in [2.24, 2.45) is 5.92 Å². The molecule has 2 unspecified atom stereocenters. The van der Waals surface area contributed by atoms with E-state index in [1.165, 1.54) is 40.0 Å². The topological polar surface area (TPSA) is 145 Å². The number of benzene rings is 2. The zero-order valence-corrected chi connectivity index (χ0v) is 24.8. The lowest BCUT2D eigenvalue weighted by Gasteiger charge is -2.23. The molecule has 0 aliphatic carbocycles. The smallest absolute Gasteiger partial charge is 0.335 e. The van der Waals surface area contributed by atoms with E-state index in [9.17, 15) is 19.5 Å². The first-order chi connectivity index (χ1) is 21.2. The van der Waals surface area contributed by atoms with Crippen molar-refractivity contribution < 1.29 is 14.7 Å². The zero-order valence-electron chi connectivity index (χ0n) is 23.3. The highest BCUT2D eigenvalue weighted by Crippen LogP contribution is 2.34. The minimum atomic E-state index is -1.08. The lowest BCUT2D eigenvalue weighted by molar-refractivity contribution is -0.119. The number of aromatic carboxylic acids is 1. The molecule has 2 N–H and O–H groups in total. The van der Waals surface area contributed by atoms with E-state index in [0.717, 1.165) is 0 Å². The van der Waals surface area contributed by atoms with Gasteiger partial charge in [0.1, 0.15) is 0 Å². The van der Waals surface area contributed by atoms with Crippen molar-refractivity contribution in [3.05, 3.63) is 105 Å². The lowest BCUT2D eigenvalue weighted by Crippen LogP contribution is -2.27. The number of fused-ring (bicyclic) bond motifs is 4. The summed E-state index contributed by atoms with van der Waals surface area (Å²) in [5, 5.41) is 21.1. The van der Waals surface area contributed by atoms with Crippen LogP contribution in [0.3, 0.4) is 0 Å². The van der Waals surface area contributed by atoms with Gasteiger partial charge in [-0.3, -0.25) is 19.1 Å². The van der Waals surface area contributed by atoms with Crippen molar-refractivity contribution in [3.8, 4) is 28.1 Å². The van der Waals surface area contributed by atoms with E-state index in [4.69, 9.17) is 23.2 Å². The van der Waals surface area contributed by atoms with Gasteiger partial charge >= 0.3 is 5.97 Å². The van der Waals surface area contributed by atoms with Gasteiger partial charge in [0, 0.05) is 40.0 Å². The maximum atomic E-state index is 13.7. The average molecular weight is 630 g/mol. The molecule has 1 amide bonds. The van der Waals surface area contributed by atoms with Crippen molar-refractivity contribution in [3.63, 3.8) is 0 Å². The van der Waals surface area contributed by atoms with Crippen molar-refractivity contribution in [2.45, 2.75) is 32.2 Å². The molecule has 4 heterocycles. The van der Waals surface area contributed by atoms with Gasteiger partial charge in [0.15, 0.2) is 5.15 Å². The molecule has 0 saturated carbocycles. The molecular formula is C31H25Cl2N7O4. The molecule has 5 aromatic rings. The number of carbonyl (C=O) groups is 2. The van der Waals surface area contributed by atoms with E-state index in [1.54, 1.807) is 36.5 Å². The van der Waals surface area contributed by atoms with Gasteiger partial charge in [-0.2, -0.15) is 0 Å². The summed E-state index contributed by atoms with van der Waals surface area (Å²) in [5.41, 5.74) is 3.58. The standard InChI is InChI=1S/C31H25Cl2N7O4/c1-17-3-2-4-27(25-12-18(9-10-34-25)21-11-19(31(43)44)5-7-23(21)36-30(17)42)39-16-35-24(14-29(39)41)22-13-20(32)6-8-26(22)40-15-28(33)37-38-40/h5-17,27H,2-4H2,1H3,(H,36,42)(H,43,44). The normalized spacial score (nSPS) is 16.8.